The van der Waals surface area contributed by atoms with Crippen LogP contribution in [-0.2, 0) is 0 Å². The van der Waals surface area contributed by atoms with Gasteiger partial charge in [0.25, 0.3) is 5.91 Å². The predicted molar refractivity (Wildman–Crippen MR) is 50.4 cm³/mol. The van der Waals surface area contributed by atoms with Crippen LogP contribution in [0.15, 0.2) is 12.4 Å². The second kappa shape index (κ2) is 4.64. The van der Waals surface area contributed by atoms with E-state index in [1.807, 2.05) is 0 Å². The summed E-state index contributed by atoms with van der Waals surface area (Å²) in [6.45, 7) is 4.94. The zero-order chi connectivity index (χ0) is 9.68. The van der Waals surface area contributed by atoms with E-state index in [4.69, 9.17) is 0 Å². The Kier molecular flexibility index (Phi) is 3.49. The largest absolute Gasteiger partial charge is 0.352 e. The molecule has 0 aliphatic rings. The molecule has 1 atom stereocenters. The van der Waals surface area contributed by atoms with Crippen LogP contribution in [0.25, 0.3) is 0 Å². The summed E-state index contributed by atoms with van der Waals surface area (Å²) in [5, 5.41) is 9.14. The highest BCUT2D eigenvalue weighted by Gasteiger charge is 2.06. The molecule has 0 radical (unpaired) electrons. The zero-order valence-electron chi connectivity index (χ0n) is 8.00. The Morgan fingerprint density at radius 3 is 3.08 bits per heavy atom. The molecule has 1 unspecified atom stereocenters. The number of nitrogens with zero attached hydrogens (tertiary/aromatic N) is 1. The molecule has 1 amide bonds. The summed E-state index contributed by atoms with van der Waals surface area (Å²) in [5.74, 6) is 0.463. The van der Waals surface area contributed by atoms with E-state index >= 15 is 0 Å². The van der Waals surface area contributed by atoms with Gasteiger partial charge in [-0.1, -0.05) is 20.3 Å². The highest BCUT2D eigenvalue weighted by molar-refractivity contribution is 5.93. The summed E-state index contributed by atoms with van der Waals surface area (Å²) in [4.78, 5) is 11.4. The maximum atomic E-state index is 11.4. The third-order valence-electron chi connectivity index (χ3n) is 2.07. The molecule has 0 bridgehead atoms. The van der Waals surface area contributed by atoms with Gasteiger partial charge < -0.3 is 5.32 Å². The first-order valence-corrected chi connectivity index (χ1v) is 4.51. The average molecular weight is 181 g/mol. The van der Waals surface area contributed by atoms with Gasteiger partial charge in [0, 0.05) is 12.7 Å². The molecule has 0 fully saturated rings. The molecular weight excluding hydrogens is 166 g/mol. The van der Waals surface area contributed by atoms with Crippen LogP contribution in [0.4, 0.5) is 0 Å². The van der Waals surface area contributed by atoms with Crippen LogP contribution in [0, 0.1) is 5.92 Å². The van der Waals surface area contributed by atoms with Gasteiger partial charge in [-0.15, -0.1) is 0 Å². The van der Waals surface area contributed by atoms with Gasteiger partial charge >= 0.3 is 0 Å². The Balaban J connectivity index is 2.35. The number of hydrogen-bond donors (Lipinski definition) is 2. The van der Waals surface area contributed by atoms with Crippen molar-refractivity contribution in [1.29, 1.82) is 0 Å². The van der Waals surface area contributed by atoms with Gasteiger partial charge in [-0.25, -0.2) is 0 Å². The Hall–Kier alpha value is -1.32. The average Bonchev–Trinajstić information content (AvgIpc) is 2.66. The van der Waals surface area contributed by atoms with Crippen LogP contribution >= 0.6 is 0 Å². The fourth-order valence-corrected chi connectivity index (χ4v) is 0.888. The van der Waals surface area contributed by atoms with Gasteiger partial charge in [0.2, 0.25) is 0 Å². The van der Waals surface area contributed by atoms with E-state index in [0.717, 1.165) is 13.0 Å². The van der Waals surface area contributed by atoms with Crippen LogP contribution in [0.2, 0.25) is 0 Å². The number of aromatic amines is 1. The Bertz CT molecular complexity index is 256. The van der Waals surface area contributed by atoms with E-state index in [9.17, 15) is 4.79 Å². The maximum absolute atomic E-state index is 11.4. The summed E-state index contributed by atoms with van der Waals surface area (Å²) >= 11 is 0. The molecule has 0 aliphatic heterocycles. The van der Waals surface area contributed by atoms with E-state index in [1.165, 1.54) is 6.20 Å². The van der Waals surface area contributed by atoms with Gasteiger partial charge in [0.1, 0.15) is 0 Å². The van der Waals surface area contributed by atoms with Crippen LogP contribution < -0.4 is 5.32 Å². The number of carbonyl (C=O) groups is 1. The molecule has 72 valence electrons. The lowest BCUT2D eigenvalue weighted by Gasteiger charge is -2.08. The topological polar surface area (TPSA) is 57.8 Å². The van der Waals surface area contributed by atoms with Crippen molar-refractivity contribution in [2.75, 3.05) is 6.54 Å². The van der Waals surface area contributed by atoms with Crippen molar-refractivity contribution in [2.45, 2.75) is 20.3 Å². The highest BCUT2D eigenvalue weighted by Crippen LogP contribution is 1.99. The number of aromatic nitrogens is 2. The van der Waals surface area contributed by atoms with Crippen molar-refractivity contribution in [2.24, 2.45) is 5.92 Å². The third-order valence-corrected chi connectivity index (χ3v) is 2.07. The third kappa shape index (κ3) is 2.89. The van der Waals surface area contributed by atoms with Crippen LogP contribution in [-0.4, -0.2) is 22.6 Å². The molecule has 1 heterocycles. The molecule has 1 aromatic rings. The quantitative estimate of drug-likeness (QED) is 0.733. The highest BCUT2D eigenvalue weighted by atomic mass is 16.1. The van der Waals surface area contributed by atoms with Crippen molar-refractivity contribution in [3.05, 3.63) is 18.0 Å². The van der Waals surface area contributed by atoms with Crippen LogP contribution in [0.3, 0.4) is 0 Å². The lowest BCUT2D eigenvalue weighted by molar-refractivity contribution is 0.0948. The smallest absolute Gasteiger partial charge is 0.254 e. The first kappa shape index (κ1) is 9.77. The first-order chi connectivity index (χ1) is 6.24. The second-order valence-corrected chi connectivity index (χ2v) is 3.21. The lowest BCUT2D eigenvalue weighted by Crippen LogP contribution is -2.27. The molecule has 4 nitrogen and oxygen atoms in total. The van der Waals surface area contributed by atoms with Crippen molar-refractivity contribution in [1.82, 2.24) is 15.5 Å². The van der Waals surface area contributed by atoms with Crippen LogP contribution in [0.5, 0.6) is 0 Å². The van der Waals surface area contributed by atoms with Crippen LogP contribution in [0.1, 0.15) is 30.6 Å². The molecule has 0 aliphatic carbocycles. The molecule has 0 spiro atoms. The molecule has 4 heteroatoms. The van der Waals surface area contributed by atoms with E-state index in [0.29, 0.717) is 11.5 Å². The molecule has 0 saturated heterocycles. The van der Waals surface area contributed by atoms with Gasteiger partial charge in [-0.05, 0) is 5.92 Å². The first-order valence-electron chi connectivity index (χ1n) is 4.51. The summed E-state index contributed by atoms with van der Waals surface area (Å²) in [7, 11) is 0. The molecule has 1 rings (SSSR count). The minimum Gasteiger partial charge on any atom is -0.352 e. The second-order valence-electron chi connectivity index (χ2n) is 3.21. The standard InChI is InChI=1S/C9H15N3O/c1-3-7(2)4-10-9(13)8-5-11-12-6-8/h5-7H,3-4H2,1-2H3,(H,10,13)(H,11,12). The van der Waals surface area contributed by atoms with Crippen molar-refractivity contribution < 1.29 is 4.79 Å². The SMILES string of the molecule is CCC(C)CNC(=O)c1cn[nH]c1. The maximum Gasteiger partial charge on any atom is 0.254 e. The van der Waals surface area contributed by atoms with E-state index in [2.05, 4.69) is 29.4 Å². The summed E-state index contributed by atoms with van der Waals surface area (Å²) in [5.41, 5.74) is 0.586. The monoisotopic (exact) mass is 181 g/mol. The Morgan fingerprint density at radius 2 is 2.54 bits per heavy atom. The number of H-pyrrole nitrogens is 1. The number of nitrogens with one attached hydrogen (secondary N) is 2. The van der Waals surface area contributed by atoms with Gasteiger partial charge in [-0.2, -0.15) is 5.10 Å². The number of hydrogen-bond acceptors (Lipinski definition) is 2. The minimum absolute atomic E-state index is 0.0611. The summed E-state index contributed by atoms with van der Waals surface area (Å²) in [6, 6.07) is 0. The Morgan fingerprint density at radius 1 is 1.77 bits per heavy atom. The summed E-state index contributed by atoms with van der Waals surface area (Å²) < 4.78 is 0. The van der Waals surface area contributed by atoms with Crippen molar-refractivity contribution in [3.8, 4) is 0 Å². The van der Waals surface area contributed by atoms with Gasteiger partial charge in [0.05, 0.1) is 11.8 Å². The van der Waals surface area contributed by atoms with Crippen molar-refractivity contribution in [3.63, 3.8) is 0 Å². The lowest BCUT2D eigenvalue weighted by atomic mass is 10.1. The minimum atomic E-state index is -0.0611. The molecular formula is C9H15N3O. The molecule has 1 aromatic heterocycles. The number of rotatable bonds is 4. The van der Waals surface area contributed by atoms with Gasteiger partial charge in [0.15, 0.2) is 0 Å². The fraction of sp³-hybridized carbons (Fsp3) is 0.556. The molecule has 0 saturated carbocycles. The van der Waals surface area contributed by atoms with E-state index < -0.39 is 0 Å². The normalized spacial score (nSPS) is 12.5. The number of amides is 1. The Labute approximate surface area is 77.7 Å². The molecule has 2 N–H and O–H groups in total. The predicted octanol–water partition coefficient (Wildman–Crippen LogP) is 1.19. The molecule has 0 aromatic carbocycles. The zero-order valence-corrected chi connectivity index (χ0v) is 8.00. The van der Waals surface area contributed by atoms with E-state index in [-0.39, 0.29) is 5.91 Å². The van der Waals surface area contributed by atoms with Gasteiger partial charge in [-0.3, -0.25) is 9.89 Å². The molecule has 13 heavy (non-hydrogen) atoms. The van der Waals surface area contributed by atoms with Crippen molar-refractivity contribution >= 4 is 5.91 Å². The number of carbonyl (C=O) groups excluding carboxylic acids is 1. The fourth-order valence-electron chi connectivity index (χ4n) is 0.888. The van der Waals surface area contributed by atoms with E-state index in [1.54, 1.807) is 6.20 Å². The summed E-state index contributed by atoms with van der Waals surface area (Å²) in [6.07, 6.45) is 4.18.